The fourth-order valence-corrected chi connectivity index (χ4v) is 4.35. The minimum absolute atomic E-state index is 0.00391. The van der Waals surface area contributed by atoms with Gasteiger partial charge in [-0.3, -0.25) is 14.2 Å². The third-order valence-corrected chi connectivity index (χ3v) is 5.79. The van der Waals surface area contributed by atoms with E-state index in [2.05, 4.69) is 11.1 Å². The summed E-state index contributed by atoms with van der Waals surface area (Å²) in [4.78, 5) is 32.5. The van der Waals surface area contributed by atoms with Gasteiger partial charge in [0, 0.05) is 24.0 Å². The molecular formula is C20H21N3O3S. The molecular weight excluding hydrogens is 362 g/mol. The van der Waals surface area contributed by atoms with E-state index in [4.69, 9.17) is 4.74 Å². The standard InChI is InChI=1S/C20H21N3O3S/c1-13-3-4-15(14(2)9-13)16-11-27-19-18(16)20(25)23(12-21-19)10-17(24)22-5-7-26-8-6-22/h3-4,9,11-12H,5-8,10H2,1-2H3. The third-order valence-electron chi connectivity index (χ3n) is 4.90. The number of hydrogen-bond acceptors (Lipinski definition) is 5. The van der Waals surface area contributed by atoms with Gasteiger partial charge in [-0.25, -0.2) is 4.98 Å². The highest BCUT2D eigenvalue weighted by atomic mass is 32.1. The number of fused-ring (bicyclic) bond motifs is 1. The van der Waals surface area contributed by atoms with Gasteiger partial charge < -0.3 is 9.64 Å². The second-order valence-electron chi connectivity index (χ2n) is 6.82. The fourth-order valence-electron chi connectivity index (χ4n) is 3.45. The number of amides is 1. The molecule has 6 nitrogen and oxygen atoms in total. The van der Waals surface area contributed by atoms with E-state index in [1.165, 1.54) is 27.8 Å². The number of rotatable bonds is 3. The van der Waals surface area contributed by atoms with Crippen LogP contribution in [0.1, 0.15) is 11.1 Å². The van der Waals surface area contributed by atoms with E-state index in [1.54, 1.807) is 4.90 Å². The van der Waals surface area contributed by atoms with Crippen molar-refractivity contribution in [2.75, 3.05) is 26.3 Å². The zero-order valence-electron chi connectivity index (χ0n) is 15.4. The minimum Gasteiger partial charge on any atom is -0.378 e. The summed E-state index contributed by atoms with van der Waals surface area (Å²) in [5.74, 6) is -0.0788. The molecule has 140 valence electrons. The van der Waals surface area contributed by atoms with Crippen molar-refractivity contribution in [1.82, 2.24) is 14.5 Å². The normalized spacial score (nSPS) is 14.7. The Balaban J connectivity index is 1.73. The summed E-state index contributed by atoms with van der Waals surface area (Å²) in [5.41, 5.74) is 4.05. The number of carbonyl (C=O) groups is 1. The first-order valence-electron chi connectivity index (χ1n) is 8.94. The number of hydrogen-bond donors (Lipinski definition) is 0. The van der Waals surface area contributed by atoms with Crippen LogP contribution in [0.3, 0.4) is 0 Å². The van der Waals surface area contributed by atoms with Gasteiger partial charge in [0.25, 0.3) is 5.56 Å². The summed E-state index contributed by atoms with van der Waals surface area (Å²) < 4.78 is 6.70. The topological polar surface area (TPSA) is 64.4 Å². The first-order chi connectivity index (χ1) is 13.0. The zero-order chi connectivity index (χ0) is 19.0. The summed E-state index contributed by atoms with van der Waals surface area (Å²) in [7, 11) is 0. The minimum atomic E-state index is -0.169. The number of ether oxygens (including phenoxy) is 1. The largest absolute Gasteiger partial charge is 0.378 e. The Kier molecular flexibility index (Phi) is 4.80. The molecule has 0 atom stereocenters. The van der Waals surface area contributed by atoms with Crippen LogP contribution in [0.4, 0.5) is 0 Å². The van der Waals surface area contributed by atoms with Crippen LogP contribution in [0, 0.1) is 13.8 Å². The molecule has 1 fully saturated rings. The number of thiophene rings is 1. The van der Waals surface area contributed by atoms with Gasteiger partial charge in [0.2, 0.25) is 5.91 Å². The lowest BCUT2D eigenvalue weighted by Gasteiger charge is -2.27. The summed E-state index contributed by atoms with van der Waals surface area (Å²) in [6.07, 6.45) is 1.48. The Labute approximate surface area is 161 Å². The lowest BCUT2D eigenvalue weighted by molar-refractivity contribution is -0.135. The van der Waals surface area contributed by atoms with E-state index in [0.717, 1.165) is 16.7 Å². The molecule has 0 unspecified atom stereocenters. The van der Waals surface area contributed by atoms with Crippen LogP contribution in [0.25, 0.3) is 21.3 Å². The SMILES string of the molecule is Cc1ccc(-c2csc3ncn(CC(=O)N4CCOCC4)c(=O)c23)c(C)c1. The number of nitrogens with zero attached hydrogens (tertiary/aromatic N) is 3. The molecule has 0 bridgehead atoms. The van der Waals surface area contributed by atoms with Gasteiger partial charge in [-0.2, -0.15) is 0 Å². The molecule has 1 aliphatic heterocycles. The predicted molar refractivity (Wildman–Crippen MR) is 106 cm³/mol. The highest BCUT2D eigenvalue weighted by Gasteiger charge is 2.20. The maximum atomic E-state index is 13.1. The number of morpholine rings is 1. The van der Waals surface area contributed by atoms with Gasteiger partial charge in [0.15, 0.2) is 0 Å². The molecule has 3 aromatic rings. The van der Waals surface area contributed by atoms with Crippen molar-refractivity contribution in [1.29, 1.82) is 0 Å². The summed E-state index contributed by atoms with van der Waals surface area (Å²) in [6.45, 7) is 6.31. The van der Waals surface area contributed by atoms with Crippen LogP contribution < -0.4 is 5.56 Å². The van der Waals surface area contributed by atoms with Crippen molar-refractivity contribution in [3.8, 4) is 11.1 Å². The van der Waals surface area contributed by atoms with Gasteiger partial charge in [-0.15, -0.1) is 11.3 Å². The summed E-state index contributed by atoms with van der Waals surface area (Å²) >= 11 is 1.46. The van der Waals surface area contributed by atoms with Crippen LogP contribution in [0.5, 0.6) is 0 Å². The van der Waals surface area contributed by atoms with Crippen molar-refractivity contribution in [2.24, 2.45) is 0 Å². The highest BCUT2D eigenvalue weighted by Crippen LogP contribution is 2.32. The van der Waals surface area contributed by atoms with E-state index in [0.29, 0.717) is 36.5 Å². The van der Waals surface area contributed by atoms with Crippen molar-refractivity contribution < 1.29 is 9.53 Å². The molecule has 7 heteroatoms. The van der Waals surface area contributed by atoms with Crippen LogP contribution in [0.15, 0.2) is 34.7 Å². The average Bonchev–Trinajstić information content (AvgIpc) is 3.09. The quantitative estimate of drug-likeness (QED) is 0.697. The molecule has 27 heavy (non-hydrogen) atoms. The molecule has 0 aliphatic carbocycles. The van der Waals surface area contributed by atoms with E-state index in [9.17, 15) is 9.59 Å². The number of aromatic nitrogens is 2. The molecule has 1 aliphatic rings. The van der Waals surface area contributed by atoms with E-state index < -0.39 is 0 Å². The Morgan fingerprint density at radius 1 is 1.22 bits per heavy atom. The molecule has 4 rings (SSSR count). The molecule has 1 aromatic carbocycles. The molecule has 0 saturated carbocycles. The van der Waals surface area contributed by atoms with Crippen molar-refractivity contribution >= 4 is 27.5 Å². The predicted octanol–water partition coefficient (Wildman–Crippen LogP) is 2.60. The first kappa shape index (κ1) is 17.9. The Morgan fingerprint density at radius 3 is 2.74 bits per heavy atom. The van der Waals surface area contributed by atoms with Crippen molar-refractivity contribution in [2.45, 2.75) is 20.4 Å². The second kappa shape index (κ2) is 7.25. The van der Waals surface area contributed by atoms with Gasteiger partial charge in [-0.05, 0) is 25.0 Å². The summed E-state index contributed by atoms with van der Waals surface area (Å²) in [5, 5.41) is 2.56. The van der Waals surface area contributed by atoms with Gasteiger partial charge in [-0.1, -0.05) is 23.8 Å². The molecule has 0 N–H and O–H groups in total. The van der Waals surface area contributed by atoms with Gasteiger partial charge in [0.05, 0.1) is 24.9 Å². The lowest BCUT2D eigenvalue weighted by Crippen LogP contribution is -2.43. The zero-order valence-corrected chi connectivity index (χ0v) is 16.2. The lowest BCUT2D eigenvalue weighted by atomic mass is 9.99. The number of benzene rings is 1. The smallest absolute Gasteiger partial charge is 0.263 e. The fraction of sp³-hybridized carbons (Fsp3) is 0.350. The number of carbonyl (C=O) groups excluding carboxylic acids is 1. The van der Waals surface area contributed by atoms with E-state index in [1.807, 2.05) is 31.4 Å². The Bertz CT molecular complexity index is 1060. The molecule has 2 aromatic heterocycles. The Hall–Kier alpha value is -2.51. The monoisotopic (exact) mass is 383 g/mol. The first-order valence-corrected chi connectivity index (χ1v) is 9.82. The van der Waals surface area contributed by atoms with E-state index >= 15 is 0 Å². The van der Waals surface area contributed by atoms with Crippen molar-refractivity contribution in [3.05, 3.63) is 51.4 Å². The molecule has 1 amide bonds. The average molecular weight is 383 g/mol. The third kappa shape index (κ3) is 3.40. The van der Waals surface area contributed by atoms with E-state index in [-0.39, 0.29) is 18.0 Å². The van der Waals surface area contributed by atoms with Crippen LogP contribution in [-0.4, -0.2) is 46.7 Å². The molecule has 0 spiro atoms. The Morgan fingerprint density at radius 2 is 2.00 bits per heavy atom. The molecule has 3 heterocycles. The maximum absolute atomic E-state index is 13.1. The summed E-state index contributed by atoms with van der Waals surface area (Å²) in [6, 6.07) is 6.19. The van der Waals surface area contributed by atoms with Gasteiger partial charge >= 0.3 is 0 Å². The molecule has 0 radical (unpaired) electrons. The van der Waals surface area contributed by atoms with Crippen LogP contribution in [0.2, 0.25) is 0 Å². The highest BCUT2D eigenvalue weighted by molar-refractivity contribution is 7.17. The van der Waals surface area contributed by atoms with Crippen LogP contribution in [-0.2, 0) is 16.1 Å². The number of aryl methyl sites for hydroxylation is 2. The second-order valence-corrected chi connectivity index (χ2v) is 7.68. The molecule has 1 saturated heterocycles. The maximum Gasteiger partial charge on any atom is 0.263 e. The van der Waals surface area contributed by atoms with Crippen LogP contribution >= 0.6 is 11.3 Å². The van der Waals surface area contributed by atoms with Gasteiger partial charge in [0.1, 0.15) is 11.4 Å². The van der Waals surface area contributed by atoms with Crippen molar-refractivity contribution in [3.63, 3.8) is 0 Å².